The topological polar surface area (TPSA) is 29.5 Å². The minimum Gasteiger partial charge on any atom is -0.444 e. The van der Waals surface area contributed by atoms with Crippen LogP contribution in [-0.4, -0.2) is 38.8 Å². The van der Waals surface area contributed by atoms with Crippen LogP contribution in [0.15, 0.2) is 0 Å². The van der Waals surface area contributed by atoms with Crippen LogP contribution in [-0.2, 0) is 4.74 Å². The second-order valence-electron chi connectivity index (χ2n) is 5.58. The molecule has 2 aliphatic rings. The number of hydrogen-bond donors (Lipinski definition) is 0. The Kier molecular flexibility index (Phi) is 3.30. The summed E-state index contributed by atoms with van der Waals surface area (Å²) in [6.07, 6.45) is 0.952. The summed E-state index contributed by atoms with van der Waals surface area (Å²) >= 11 is 7.33. The van der Waals surface area contributed by atoms with E-state index >= 15 is 0 Å². The van der Waals surface area contributed by atoms with E-state index in [9.17, 15) is 4.79 Å². The number of hydrogen-bond acceptors (Lipinski definition) is 2. The fourth-order valence-corrected chi connectivity index (χ4v) is 5.01. The molecule has 5 heteroatoms. The van der Waals surface area contributed by atoms with Gasteiger partial charge in [-0.25, -0.2) is 4.79 Å². The molecule has 1 heterocycles. The number of alkyl halides is 2. The summed E-state index contributed by atoms with van der Waals surface area (Å²) in [5.41, 5.74) is -0.414. The summed E-state index contributed by atoms with van der Waals surface area (Å²) in [7, 11) is 0. The van der Waals surface area contributed by atoms with Gasteiger partial charge in [-0.15, -0.1) is 0 Å². The molecule has 1 aliphatic carbocycles. The molecule has 0 radical (unpaired) electrons. The number of ether oxygens (including phenoxy) is 1. The third-order valence-electron chi connectivity index (χ3n) is 3.09. The lowest BCUT2D eigenvalue weighted by Crippen LogP contribution is -2.46. The van der Waals surface area contributed by atoms with Crippen LogP contribution in [0.25, 0.3) is 0 Å². The molecule has 2 rings (SSSR count). The molecule has 16 heavy (non-hydrogen) atoms. The molecule has 2 fully saturated rings. The summed E-state index contributed by atoms with van der Waals surface area (Å²) in [5.74, 6) is 0.557. The van der Waals surface area contributed by atoms with Crippen LogP contribution in [0.2, 0.25) is 0 Å². The number of fused-ring (bicyclic) bond motifs is 2. The number of likely N-dealkylation sites (tertiary alicyclic amines) is 1. The predicted octanol–water partition coefficient (Wildman–Crippen LogP) is 3.15. The lowest BCUT2D eigenvalue weighted by Gasteiger charge is -2.32. The van der Waals surface area contributed by atoms with E-state index < -0.39 is 5.60 Å². The van der Waals surface area contributed by atoms with E-state index in [2.05, 4.69) is 31.9 Å². The van der Waals surface area contributed by atoms with Crippen LogP contribution in [0, 0.1) is 5.92 Å². The molecule has 0 aromatic rings. The second-order valence-corrected chi connectivity index (χ2v) is 7.81. The Morgan fingerprint density at radius 1 is 1.38 bits per heavy atom. The van der Waals surface area contributed by atoms with Crippen molar-refractivity contribution in [3.05, 3.63) is 0 Å². The first kappa shape index (κ1) is 12.7. The van der Waals surface area contributed by atoms with Gasteiger partial charge in [-0.1, -0.05) is 31.9 Å². The second kappa shape index (κ2) is 4.16. The minimum absolute atomic E-state index is 0.186. The van der Waals surface area contributed by atoms with Crippen LogP contribution < -0.4 is 0 Å². The first-order valence-electron chi connectivity index (χ1n) is 5.57. The smallest absolute Gasteiger partial charge is 0.410 e. The van der Waals surface area contributed by atoms with Crippen LogP contribution in [0.3, 0.4) is 0 Å². The zero-order valence-corrected chi connectivity index (χ0v) is 12.9. The molecule has 1 aliphatic heterocycles. The number of piperidine rings is 1. The van der Waals surface area contributed by atoms with Gasteiger partial charge in [0.25, 0.3) is 0 Å². The normalized spacial score (nSPS) is 37.9. The van der Waals surface area contributed by atoms with E-state index in [1.54, 1.807) is 0 Å². The van der Waals surface area contributed by atoms with Crippen molar-refractivity contribution in [1.29, 1.82) is 0 Å². The van der Waals surface area contributed by atoms with Gasteiger partial charge in [-0.3, -0.25) is 0 Å². The zero-order valence-electron chi connectivity index (χ0n) is 9.74. The minimum atomic E-state index is -0.414. The van der Waals surface area contributed by atoms with Crippen molar-refractivity contribution in [2.75, 3.05) is 6.54 Å². The molecule has 1 saturated heterocycles. The Bertz CT molecular complexity index is 303. The van der Waals surface area contributed by atoms with Crippen LogP contribution >= 0.6 is 31.9 Å². The Morgan fingerprint density at radius 3 is 2.44 bits per heavy atom. The fourth-order valence-electron chi connectivity index (χ4n) is 2.47. The first-order valence-corrected chi connectivity index (χ1v) is 7.40. The van der Waals surface area contributed by atoms with Gasteiger partial charge in [0.15, 0.2) is 0 Å². The number of carbonyl (C=O) groups excluding carboxylic acids is 1. The van der Waals surface area contributed by atoms with Gasteiger partial charge in [0.2, 0.25) is 0 Å². The number of halogens is 2. The van der Waals surface area contributed by atoms with Crippen molar-refractivity contribution in [2.24, 2.45) is 5.92 Å². The maximum Gasteiger partial charge on any atom is 0.410 e. The maximum absolute atomic E-state index is 12.0. The molecule has 1 saturated carbocycles. The van der Waals surface area contributed by atoms with E-state index in [1.807, 2.05) is 25.7 Å². The highest BCUT2D eigenvalue weighted by Gasteiger charge is 2.53. The van der Waals surface area contributed by atoms with Crippen molar-refractivity contribution in [2.45, 2.75) is 48.5 Å². The summed E-state index contributed by atoms with van der Waals surface area (Å²) < 4.78 is 5.42. The third kappa shape index (κ3) is 2.26. The number of amides is 1. The van der Waals surface area contributed by atoms with E-state index in [-0.39, 0.29) is 12.1 Å². The molecular weight excluding hydrogens is 338 g/mol. The van der Waals surface area contributed by atoms with Gasteiger partial charge in [0, 0.05) is 16.2 Å². The van der Waals surface area contributed by atoms with Crippen molar-refractivity contribution >= 4 is 38.0 Å². The van der Waals surface area contributed by atoms with Gasteiger partial charge >= 0.3 is 6.09 Å². The van der Waals surface area contributed by atoms with Gasteiger partial charge < -0.3 is 9.64 Å². The third-order valence-corrected chi connectivity index (χ3v) is 5.30. The van der Waals surface area contributed by atoms with Gasteiger partial charge in [0.1, 0.15) is 5.60 Å². The summed E-state index contributed by atoms with van der Waals surface area (Å²) in [6.45, 7) is 6.51. The molecule has 92 valence electrons. The maximum atomic E-state index is 12.0. The van der Waals surface area contributed by atoms with E-state index in [4.69, 9.17) is 4.74 Å². The molecule has 2 unspecified atom stereocenters. The molecule has 3 nitrogen and oxygen atoms in total. The molecule has 0 spiro atoms. The fraction of sp³-hybridized carbons (Fsp3) is 0.909. The summed E-state index contributed by atoms with van der Waals surface area (Å²) in [6, 6.07) is 0.236. The number of rotatable bonds is 0. The zero-order chi connectivity index (χ0) is 12.1. The van der Waals surface area contributed by atoms with Crippen molar-refractivity contribution in [3.8, 4) is 0 Å². The van der Waals surface area contributed by atoms with Crippen LogP contribution in [0.4, 0.5) is 4.79 Å². The van der Waals surface area contributed by atoms with E-state index in [1.165, 1.54) is 0 Å². The van der Waals surface area contributed by atoms with Crippen molar-refractivity contribution in [3.63, 3.8) is 0 Å². The lowest BCUT2D eigenvalue weighted by molar-refractivity contribution is 0.0199. The quantitative estimate of drug-likeness (QED) is 0.625. The van der Waals surface area contributed by atoms with Crippen LogP contribution in [0.5, 0.6) is 0 Å². The number of nitrogens with zero attached hydrogens (tertiary/aromatic N) is 1. The average molecular weight is 355 g/mol. The van der Waals surface area contributed by atoms with Crippen LogP contribution in [0.1, 0.15) is 27.2 Å². The first-order chi connectivity index (χ1) is 7.29. The summed E-state index contributed by atoms with van der Waals surface area (Å²) in [5, 5.41) is 0. The molecule has 0 aromatic heterocycles. The Morgan fingerprint density at radius 2 is 2.00 bits per heavy atom. The molecule has 1 amide bonds. The molecule has 0 aromatic carbocycles. The Hall–Kier alpha value is 0.230. The summed E-state index contributed by atoms with van der Waals surface area (Å²) in [4.78, 5) is 14.7. The van der Waals surface area contributed by atoms with Gasteiger partial charge in [0.05, 0.1) is 6.04 Å². The van der Waals surface area contributed by atoms with Gasteiger partial charge in [-0.2, -0.15) is 0 Å². The SMILES string of the molecule is CC(C)(C)OC(=O)N1CC2C[C@@H](Br)C1[C@H]2Br. The molecule has 0 N–H and O–H groups in total. The monoisotopic (exact) mass is 353 g/mol. The largest absolute Gasteiger partial charge is 0.444 e. The molecule has 4 atom stereocenters. The number of carbonyl (C=O) groups is 1. The lowest BCUT2D eigenvalue weighted by atomic mass is 10.1. The highest BCUT2D eigenvalue weighted by Crippen LogP contribution is 2.45. The van der Waals surface area contributed by atoms with Crippen molar-refractivity contribution in [1.82, 2.24) is 4.90 Å². The van der Waals surface area contributed by atoms with Gasteiger partial charge in [-0.05, 0) is 33.1 Å². The van der Waals surface area contributed by atoms with E-state index in [0.717, 1.165) is 13.0 Å². The van der Waals surface area contributed by atoms with E-state index in [0.29, 0.717) is 15.6 Å². The molecular formula is C11H17Br2NO2. The highest BCUT2D eigenvalue weighted by atomic mass is 79.9. The average Bonchev–Trinajstić information content (AvgIpc) is 2.54. The molecule has 2 bridgehead atoms. The Labute approximate surface area is 113 Å². The highest BCUT2D eigenvalue weighted by molar-refractivity contribution is 9.10. The predicted molar refractivity (Wildman–Crippen MR) is 70.3 cm³/mol. The van der Waals surface area contributed by atoms with Crippen molar-refractivity contribution < 1.29 is 9.53 Å². The standard InChI is InChI=1S/C11H17Br2NO2/c1-11(2,3)16-10(15)14-5-6-4-7(12)9(14)8(6)13/h6-9H,4-5H2,1-3H3/t6?,7-,8+,9?/m1/s1. The Balaban J connectivity index is 2.05.